The predicted molar refractivity (Wildman–Crippen MR) is 109 cm³/mol. The quantitative estimate of drug-likeness (QED) is 0.381. The zero-order chi connectivity index (χ0) is 19.9. The smallest absolute Gasteiger partial charge is 0.213 e. The molecule has 3 aromatic heterocycles. The fraction of sp³-hybridized carbons (Fsp3) is 0.273. The maximum atomic E-state index is 11.9. The number of pyridine rings is 2. The highest BCUT2D eigenvalue weighted by atomic mass is 19.1. The molecule has 0 fully saturated rings. The van der Waals surface area contributed by atoms with E-state index in [2.05, 4.69) is 11.1 Å². The van der Waals surface area contributed by atoms with Crippen molar-refractivity contribution in [2.45, 2.75) is 0 Å². The summed E-state index contributed by atoms with van der Waals surface area (Å²) in [4.78, 5) is 9.14. The molecule has 6 nitrogen and oxygen atoms in total. The average molecular weight is 395 g/mol. The van der Waals surface area contributed by atoms with Crippen LogP contribution in [0.4, 0.5) is 4.39 Å². The molecule has 150 valence electrons. The summed E-state index contributed by atoms with van der Waals surface area (Å²) >= 11 is 0. The third kappa shape index (κ3) is 4.70. The Balaban J connectivity index is 1.38. The Bertz CT molecular complexity index is 1080. The number of aromatic nitrogens is 3. The second-order valence-corrected chi connectivity index (χ2v) is 6.39. The molecule has 0 spiro atoms. The molecule has 29 heavy (non-hydrogen) atoms. The molecule has 7 heteroatoms. The molecule has 0 bridgehead atoms. The van der Waals surface area contributed by atoms with E-state index in [1.54, 1.807) is 6.20 Å². The largest absolute Gasteiger partial charge is 0.475 e. The lowest BCUT2D eigenvalue weighted by Gasteiger charge is -2.08. The summed E-state index contributed by atoms with van der Waals surface area (Å²) in [6, 6.07) is 16.0. The van der Waals surface area contributed by atoms with E-state index in [4.69, 9.17) is 19.2 Å². The van der Waals surface area contributed by atoms with Gasteiger partial charge in [0.25, 0.3) is 0 Å². The fourth-order valence-electron chi connectivity index (χ4n) is 3.06. The molecular formula is C22H22FN3O3. The highest BCUT2D eigenvalue weighted by Crippen LogP contribution is 2.23. The van der Waals surface area contributed by atoms with Crippen molar-refractivity contribution in [3.8, 4) is 11.7 Å². The lowest BCUT2D eigenvalue weighted by atomic mass is 10.2. The molecule has 0 atom stereocenters. The van der Waals surface area contributed by atoms with E-state index in [-0.39, 0.29) is 6.61 Å². The van der Waals surface area contributed by atoms with E-state index in [0.717, 1.165) is 27.6 Å². The molecule has 0 N–H and O–H groups in total. The minimum Gasteiger partial charge on any atom is -0.475 e. The van der Waals surface area contributed by atoms with Crippen LogP contribution in [0, 0.1) is 0 Å². The van der Waals surface area contributed by atoms with Gasteiger partial charge in [-0.25, -0.2) is 14.4 Å². The van der Waals surface area contributed by atoms with Gasteiger partial charge < -0.3 is 14.2 Å². The molecule has 0 aliphatic heterocycles. The van der Waals surface area contributed by atoms with Crippen LogP contribution in [0.25, 0.3) is 27.6 Å². The monoisotopic (exact) mass is 395 g/mol. The van der Waals surface area contributed by atoms with Gasteiger partial charge in [0.05, 0.1) is 43.7 Å². The van der Waals surface area contributed by atoms with E-state index < -0.39 is 6.67 Å². The van der Waals surface area contributed by atoms with Crippen molar-refractivity contribution < 1.29 is 18.6 Å². The predicted octanol–water partition coefficient (Wildman–Crippen LogP) is 3.96. The minimum absolute atomic E-state index is 0.109. The molecule has 0 saturated carbocycles. The summed E-state index contributed by atoms with van der Waals surface area (Å²) in [5.74, 6) is 1.39. The second-order valence-electron chi connectivity index (χ2n) is 6.39. The van der Waals surface area contributed by atoms with E-state index in [1.165, 1.54) is 0 Å². The second kappa shape index (κ2) is 9.45. The van der Waals surface area contributed by atoms with Gasteiger partial charge in [-0.1, -0.05) is 18.2 Å². The minimum atomic E-state index is -0.476. The van der Waals surface area contributed by atoms with E-state index in [1.807, 2.05) is 53.2 Å². The summed E-state index contributed by atoms with van der Waals surface area (Å²) < 4.78 is 29.9. The SMILES string of the molecule is FCCOCCOCCOc1cc2ccn(-c3ccc4ccccc4n3)c2cn1. The number of hydrogen-bond acceptors (Lipinski definition) is 5. The molecule has 1 aromatic carbocycles. The Morgan fingerprint density at radius 1 is 0.862 bits per heavy atom. The molecule has 0 radical (unpaired) electrons. The lowest BCUT2D eigenvalue weighted by molar-refractivity contribution is 0.0320. The van der Waals surface area contributed by atoms with Gasteiger partial charge >= 0.3 is 0 Å². The summed E-state index contributed by atoms with van der Waals surface area (Å²) in [7, 11) is 0. The van der Waals surface area contributed by atoms with E-state index in [9.17, 15) is 4.39 Å². The third-order valence-corrected chi connectivity index (χ3v) is 4.45. The van der Waals surface area contributed by atoms with Crippen molar-refractivity contribution in [3.05, 3.63) is 60.9 Å². The maximum Gasteiger partial charge on any atom is 0.213 e. The lowest BCUT2D eigenvalue weighted by Crippen LogP contribution is -2.11. The number of halogens is 1. The van der Waals surface area contributed by atoms with Crippen LogP contribution in [0.3, 0.4) is 0 Å². The van der Waals surface area contributed by atoms with Gasteiger partial charge in [-0.2, -0.15) is 0 Å². The zero-order valence-electron chi connectivity index (χ0n) is 16.0. The van der Waals surface area contributed by atoms with Crippen molar-refractivity contribution in [3.63, 3.8) is 0 Å². The molecule has 0 aliphatic carbocycles. The number of hydrogen-bond donors (Lipinski definition) is 0. The maximum absolute atomic E-state index is 11.9. The highest BCUT2D eigenvalue weighted by Gasteiger charge is 2.07. The van der Waals surface area contributed by atoms with Crippen molar-refractivity contribution >= 4 is 21.8 Å². The van der Waals surface area contributed by atoms with Crippen molar-refractivity contribution in [1.29, 1.82) is 0 Å². The third-order valence-electron chi connectivity index (χ3n) is 4.45. The Hall–Kier alpha value is -3.03. The highest BCUT2D eigenvalue weighted by molar-refractivity contribution is 5.83. The van der Waals surface area contributed by atoms with Gasteiger partial charge in [0.15, 0.2) is 0 Å². The van der Waals surface area contributed by atoms with Crippen LogP contribution >= 0.6 is 0 Å². The molecule has 3 heterocycles. The Kier molecular flexibility index (Phi) is 6.29. The normalized spacial score (nSPS) is 11.3. The van der Waals surface area contributed by atoms with Gasteiger partial charge in [0.1, 0.15) is 19.1 Å². The topological polar surface area (TPSA) is 58.4 Å². The van der Waals surface area contributed by atoms with Crippen molar-refractivity contribution in [1.82, 2.24) is 14.5 Å². The van der Waals surface area contributed by atoms with E-state index >= 15 is 0 Å². The molecule has 4 rings (SSSR count). The number of rotatable bonds is 10. The number of para-hydroxylation sites is 1. The first-order valence-corrected chi connectivity index (χ1v) is 9.53. The summed E-state index contributed by atoms with van der Waals surface area (Å²) in [5, 5.41) is 2.13. The Morgan fingerprint density at radius 3 is 2.59 bits per heavy atom. The summed E-state index contributed by atoms with van der Waals surface area (Å²) in [5.41, 5.74) is 1.91. The first-order chi connectivity index (χ1) is 14.3. The number of alkyl halides is 1. The van der Waals surface area contributed by atoms with Gasteiger partial charge in [-0.05, 0) is 24.3 Å². The summed E-state index contributed by atoms with van der Waals surface area (Å²) in [6.07, 6.45) is 3.76. The Labute approximate surface area is 167 Å². The molecule has 4 aromatic rings. The van der Waals surface area contributed by atoms with Crippen LogP contribution in [0.5, 0.6) is 5.88 Å². The first kappa shape index (κ1) is 19.3. The zero-order valence-corrected chi connectivity index (χ0v) is 16.0. The summed E-state index contributed by atoms with van der Waals surface area (Å²) in [6.45, 7) is 1.23. The standard InChI is InChI=1S/C22H22FN3O3/c23-8-10-27-11-12-28-13-14-29-22-15-18-7-9-26(20(18)16-24-22)21-6-5-17-3-1-2-4-19(17)25-21/h1-7,9,15-16H,8,10-14H2. The van der Waals surface area contributed by atoms with Crippen LogP contribution in [-0.2, 0) is 9.47 Å². The first-order valence-electron chi connectivity index (χ1n) is 9.53. The van der Waals surface area contributed by atoms with Crippen LogP contribution in [0.1, 0.15) is 0 Å². The number of nitrogens with zero attached hydrogens (tertiary/aromatic N) is 3. The van der Waals surface area contributed by atoms with Gasteiger partial charge in [-0.3, -0.25) is 4.57 Å². The number of ether oxygens (including phenoxy) is 3. The molecule has 0 aliphatic rings. The van der Waals surface area contributed by atoms with Crippen LogP contribution in [-0.4, -0.2) is 54.2 Å². The van der Waals surface area contributed by atoms with Crippen molar-refractivity contribution in [2.75, 3.05) is 39.7 Å². The van der Waals surface area contributed by atoms with Gasteiger partial charge in [0.2, 0.25) is 5.88 Å². The molecule has 0 unspecified atom stereocenters. The molecule has 0 amide bonds. The Morgan fingerprint density at radius 2 is 1.69 bits per heavy atom. The molecule has 0 saturated heterocycles. The van der Waals surface area contributed by atoms with Crippen LogP contribution in [0.15, 0.2) is 60.9 Å². The number of fused-ring (bicyclic) bond motifs is 2. The van der Waals surface area contributed by atoms with Gasteiger partial charge in [0, 0.05) is 23.0 Å². The van der Waals surface area contributed by atoms with E-state index in [0.29, 0.717) is 32.3 Å². The fourth-order valence-corrected chi connectivity index (χ4v) is 3.06. The average Bonchev–Trinajstić information content (AvgIpc) is 3.18. The van der Waals surface area contributed by atoms with Gasteiger partial charge in [-0.15, -0.1) is 0 Å². The molecular weight excluding hydrogens is 373 g/mol. The van der Waals surface area contributed by atoms with Crippen LogP contribution in [0.2, 0.25) is 0 Å². The van der Waals surface area contributed by atoms with Crippen molar-refractivity contribution in [2.24, 2.45) is 0 Å². The number of benzene rings is 1. The van der Waals surface area contributed by atoms with Crippen LogP contribution < -0.4 is 4.74 Å².